The first kappa shape index (κ1) is 17.7. The molecule has 2 aromatic carbocycles. The minimum atomic E-state index is -0.121. The highest BCUT2D eigenvalue weighted by Gasteiger charge is 2.17. The van der Waals surface area contributed by atoms with Crippen LogP contribution in [0.25, 0.3) is 11.0 Å². The van der Waals surface area contributed by atoms with Gasteiger partial charge in [0.25, 0.3) is 5.91 Å². The average Bonchev–Trinajstić information content (AvgIpc) is 2.95. The van der Waals surface area contributed by atoms with Gasteiger partial charge in [-0.25, -0.2) is 4.98 Å². The standard InChI is InChI=1S/C20H20ClN3O3/c1-12-23-16-11-14(3-4-17(16)24(12)2)20(25)22-6-5-13-9-15(21)19-18(10-13)26-7-8-27-19/h3-4,9-11H,5-8H2,1-2H3,(H,22,25). The lowest BCUT2D eigenvalue weighted by Crippen LogP contribution is -2.25. The Labute approximate surface area is 162 Å². The molecule has 0 spiro atoms. The normalized spacial score (nSPS) is 13.0. The summed E-state index contributed by atoms with van der Waals surface area (Å²) in [6.45, 7) is 3.45. The van der Waals surface area contributed by atoms with Crippen LogP contribution in [0.4, 0.5) is 0 Å². The molecular weight excluding hydrogens is 366 g/mol. The van der Waals surface area contributed by atoms with Gasteiger partial charge in [-0.2, -0.15) is 0 Å². The van der Waals surface area contributed by atoms with Crippen LogP contribution in [0.5, 0.6) is 11.5 Å². The molecule has 7 heteroatoms. The minimum Gasteiger partial charge on any atom is -0.486 e. The predicted octanol–water partition coefficient (Wildman–Crippen LogP) is 3.28. The molecule has 3 aromatic rings. The largest absolute Gasteiger partial charge is 0.486 e. The number of ether oxygens (including phenoxy) is 2. The molecule has 1 aliphatic heterocycles. The van der Waals surface area contributed by atoms with Crippen LogP contribution in [0.15, 0.2) is 30.3 Å². The van der Waals surface area contributed by atoms with Gasteiger partial charge in [-0.1, -0.05) is 11.6 Å². The molecule has 0 fully saturated rings. The molecule has 0 unspecified atom stereocenters. The van der Waals surface area contributed by atoms with Gasteiger partial charge in [0.1, 0.15) is 19.0 Å². The second-order valence-electron chi connectivity index (χ2n) is 6.53. The van der Waals surface area contributed by atoms with Crippen molar-refractivity contribution in [2.45, 2.75) is 13.3 Å². The number of halogens is 1. The summed E-state index contributed by atoms with van der Waals surface area (Å²) in [6, 6.07) is 9.32. The van der Waals surface area contributed by atoms with Gasteiger partial charge < -0.3 is 19.4 Å². The van der Waals surface area contributed by atoms with Gasteiger partial charge >= 0.3 is 0 Å². The van der Waals surface area contributed by atoms with Crippen LogP contribution in [0, 0.1) is 6.92 Å². The molecule has 1 aliphatic rings. The summed E-state index contributed by atoms with van der Waals surface area (Å²) in [5.41, 5.74) is 3.41. The molecule has 2 heterocycles. The molecule has 0 radical (unpaired) electrons. The number of rotatable bonds is 4. The van der Waals surface area contributed by atoms with Crippen LogP contribution in [-0.2, 0) is 13.5 Å². The van der Waals surface area contributed by atoms with Crippen LogP contribution in [0.2, 0.25) is 5.02 Å². The van der Waals surface area contributed by atoms with E-state index >= 15 is 0 Å². The van der Waals surface area contributed by atoms with Gasteiger partial charge in [0.2, 0.25) is 0 Å². The number of benzene rings is 2. The number of aromatic nitrogens is 2. The SMILES string of the molecule is Cc1nc2cc(C(=O)NCCc3cc(Cl)c4c(c3)OCCO4)ccc2n1C. The van der Waals surface area contributed by atoms with E-state index in [1.807, 2.05) is 48.9 Å². The Kier molecular flexibility index (Phi) is 4.66. The fourth-order valence-corrected chi connectivity index (χ4v) is 3.48. The van der Waals surface area contributed by atoms with Crippen molar-refractivity contribution in [2.24, 2.45) is 7.05 Å². The fourth-order valence-electron chi connectivity index (χ4n) is 3.19. The van der Waals surface area contributed by atoms with Crippen molar-refractivity contribution in [1.29, 1.82) is 0 Å². The smallest absolute Gasteiger partial charge is 0.251 e. The van der Waals surface area contributed by atoms with E-state index in [0.717, 1.165) is 22.4 Å². The summed E-state index contributed by atoms with van der Waals surface area (Å²) >= 11 is 6.25. The Morgan fingerprint density at radius 1 is 1.26 bits per heavy atom. The zero-order chi connectivity index (χ0) is 19.0. The molecule has 4 rings (SSSR count). The van der Waals surface area contributed by atoms with Crippen molar-refractivity contribution in [3.63, 3.8) is 0 Å². The molecule has 0 bridgehead atoms. The Morgan fingerprint density at radius 2 is 2.07 bits per heavy atom. The van der Waals surface area contributed by atoms with Crippen molar-refractivity contribution in [2.75, 3.05) is 19.8 Å². The summed E-state index contributed by atoms with van der Waals surface area (Å²) in [5, 5.41) is 3.48. The maximum Gasteiger partial charge on any atom is 0.251 e. The third-order valence-corrected chi connectivity index (χ3v) is 5.00. The Hall–Kier alpha value is -2.73. The van der Waals surface area contributed by atoms with Crippen molar-refractivity contribution >= 4 is 28.5 Å². The molecule has 6 nitrogen and oxygen atoms in total. The second-order valence-corrected chi connectivity index (χ2v) is 6.94. The van der Waals surface area contributed by atoms with E-state index < -0.39 is 0 Å². The van der Waals surface area contributed by atoms with Crippen molar-refractivity contribution in [1.82, 2.24) is 14.9 Å². The first-order valence-corrected chi connectivity index (χ1v) is 9.20. The van der Waals surface area contributed by atoms with E-state index in [1.165, 1.54) is 0 Å². The highest BCUT2D eigenvalue weighted by atomic mass is 35.5. The van der Waals surface area contributed by atoms with Crippen LogP contribution >= 0.6 is 11.6 Å². The molecule has 140 valence electrons. The van der Waals surface area contributed by atoms with Crippen LogP contribution in [-0.4, -0.2) is 35.2 Å². The van der Waals surface area contributed by atoms with Gasteiger partial charge in [0.15, 0.2) is 11.5 Å². The van der Waals surface area contributed by atoms with E-state index in [0.29, 0.717) is 48.3 Å². The van der Waals surface area contributed by atoms with Gasteiger partial charge in [-0.05, 0) is 49.2 Å². The van der Waals surface area contributed by atoms with Crippen molar-refractivity contribution in [3.05, 3.63) is 52.3 Å². The van der Waals surface area contributed by atoms with Crippen LogP contribution < -0.4 is 14.8 Å². The third-order valence-electron chi connectivity index (χ3n) is 4.72. The monoisotopic (exact) mass is 385 g/mol. The highest BCUT2D eigenvalue weighted by Crippen LogP contribution is 2.38. The quantitative estimate of drug-likeness (QED) is 0.748. The molecule has 27 heavy (non-hydrogen) atoms. The Bertz CT molecular complexity index is 1030. The predicted molar refractivity (Wildman–Crippen MR) is 104 cm³/mol. The summed E-state index contributed by atoms with van der Waals surface area (Å²) < 4.78 is 13.1. The maximum absolute atomic E-state index is 12.5. The number of aryl methyl sites for hydroxylation is 2. The summed E-state index contributed by atoms with van der Waals surface area (Å²) in [5.74, 6) is 2.04. The van der Waals surface area contributed by atoms with E-state index in [2.05, 4.69) is 10.3 Å². The summed E-state index contributed by atoms with van der Waals surface area (Å²) in [7, 11) is 1.96. The lowest BCUT2D eigenvalue weighted by molar-refractivity contribution is 0.0954. The van der Waals surface area contributed by atoms with Gasteiger partial charge in [0, 0.05) is 19.2 Å². The number of amides is 1. The van der Waals surface area contributed by atoms with Gasteiger partial charge in [-0.15, -0.1) is 0 Å². The molecule has 0 aliphatic carbocycles. The molecule has 1 amide bonds. The molecular formula is C20H20ClN3O3. The number of fused-ring (bicyclic) bond motifs is 2. The maximum atomic E-state index is 12.5. The van der Waals surface area contributed by atoms with Crippen LogP contribution in [0.1, 0.15) is 21.7 Å². The van der Waals surface area contributed by atoms with E-state index in [-0.39, 0.29) is 5.91 Å². The number of hydrogen-bond acceptors (Lipinski definition) is 4. The highest BCUT2D eigenvalue weighted by molar-refractivity contribution is 6.32. The lowest BCUT2D eigenvalue weighted by Gasteiger charge is -2.20. The Balaban J connectivity index is 1.42. The number of imidazole rings is 1. The van der Waals surface area contributed by atoms with Gasteiger partial charge in [0.05, 0.1) is 16.1 Å². The first-order chi connectivity index (χ1) is 13.0. The van der Waals surface area contributed by atoms with Crippen molar-refractivity contribution < 1.29 is 14.3 Å². The zero-order valence-corrected chi connectivity index (χ0v) is 16.0. The number of carbonyl (C=O) groups is 1. The average molecular weight is 386 g/mol. The molecule has 0 atom stereocenters. The number of nitrogens with one attached hydrogen (secondary N) is 1. The minimum absolute atomic E-state index is 0.121. The summed E-state index contributed by atoms with van der Waals surface area (Å²) in [4.78, 5) is 16.9. The molecule has 1 aromatic heterocycles. The zero-order valence-electron chi connectivity index (χ0n) is 15.2. The third kappa shape index (κ3) is 3.45. The molecule has 0 saturated heterocycles. The lowest BCUT2D eigenvalue weighted by atomic mass is 10.1. The summed E-state index contributed by atoms with van der Waals surface area (Å²) in [6.07, 6.45) is 0.646. The van der Waals surface area contributed by atoms with E-state index in [9.17, 15) is 4.79 Å². The van der Waals surface area contributed by atoms with Gasteiger partial charge in [-0.3, -0.25) is 4.79 Å². The molecule has 0 saturated carbocycles. The molecule has 1 N–H and O–H groups in total. The fraction of sp³-hybridized carbons (Fsp3) is 0.300. The second kappa shape index (κ2) is 7.12. The van der Waals surface area contributed by atoms with E-state index in [4.69, 9.17) is 21.1 Å². The number of carbonyl (C=O) groups excluding carboxylic acids is 1. The number of nitrogens with zero attached hydrogens (tertiary/aromatic N) is 2. The number of hydrogen-bond donors (Lipinski definition) is 1. The Morgan fingerprint density at radius 3 is 2.93 bits per heavy atom. The van der Waals surface area contributed by atoms with Crippen LogP contribution in [0.3, 0.4) is 0 Å². The van der Waals surface area contributed by atoms with Crippen molar-refractivity contribution in [3.8, 4) is 11.5 Å². The first-order valence-electron chi connectivity index (χ1n) is 8.82. The topological polar surface area (TPSA) is 65.4 Å². The van der Waals surface area contributed by atoms with E-state index in [1.54, 1.807) is 0 Å².